The fraction of sp³-hybridized carbons (Fsp3) is 0.0833. The summed E-state index contributed by atoms with van der Waals surface area (Å²) in [5, 5.41) is 1.89. The van der Waals surface area contributed by atoms with Gasteiger partial charge in [0, 0.05) is 0 Å². The van der Waals surface area contributed by atoms with Crippen LogP contribution < -0.4 is 0 Å². The van der Waals surface area contributed by atoms with Crippen molar-refractivity contribution >= 4 is 24.8 Å². The molecule has 0 aliphatic rings. The number of alkyl halides is 3. The predicted octanol–water partition coefficient (Wildman–Crippen LogP) is 3.49. The molecular formula is C12H8BF3S. The SMILES string of the molecule is B=Cc1cc(-c2cccs2)ccc1C(F)(F)F. The van der Waals surface area contributed by atoms with Gasteiger partial charge in [0.2, 0.25) is 0 Å². The Morgan fingerprint density at radius 1 is 1.18 bits per heavy atom. The number of rotatable bonds is 2. The van der Waals surface area contributed by atoms with Gasteiger partial charge in [0.15, 0.2) is 0 Å². The zero-order valence-electron chi connectivity index (χ0n) is 8.79. The molecule has 1 heterocycles. The van der Waals surface area contributed by atoms with Crippen LogP contribution in [0.3, 0.4) is 0 Å². The van der Waals surface area contributed by atoms with Gasteiger partial charge in [-0.3, -0.25) is 0 Å². The average molecular weight is 252 g/mol. The van der Waals surface area contributed by atoms with Crippen molar-refractivity contribution in [2.24, 2.45) is 0 Å². The van der Waals surface area contributed by atoms with E-state index in [2.05, 4.69) is 7.49 Å². The first kappa shape index (κ1) is 12.1. The van der Waals surface area contributed by atoms with Crippen LogP contribution in [0.1, 0.15) is 11.1 Å². The second kappa shape index (κ2) is 4.49. The van der Waals surface area contributed by atoms with Crippen LogP contribution in [0.5, 0.6) is 0 Å². The van der Waals surface area contributed by atoms with Gasteiger partial charge in [-0.1, -0.05) is 0 Å². The van der Waals surface area contributed by atoms with Crippen molar-refractivity contribution in [2.75, 3.05) is 0 Å². The first-order valence-corrected chi connectivity index (χ1v) is 5.78. The Kier molecular flexibility index (Phi) is 3.20. The van der Waals surface area contributed by atoms with Gasteiger partial charge in [-0.15, -0.1) is 0 Å². The van der Waals surface area contributed by atoms with Crippen molar-refractivity contribution in [1.29, 1.82) is 0 Å². The van der Waals surface area contributed by atoms with Gasteiger partial charge in [-0.05, 0) is 0 Å². The van der Waals surface area contributed by atoms with E-state index in [1.54, 1.807) is 0 Å². The number of thiophene rings is 1. The zero-order chi connectivity index (χ0) is 12.5. The molecule has 17 heavy (non-hydrogen) atoms. The second-order valence-corrected chi connectivity index (χ2v) is 4.43. The van der Waals surface area contributed by atoms with E-state index in [1.165, 1.54) is 29.4 Å². The topological polar surface area (TPSA) is 0 Å². The third-order valence-electron chi connectivity index (χ3n) is 2.38. The Morgan fingerprint density at radius 3 is 2.47 bits per heavy atom. The molecule has 0 radical (unpaired) electrons. The first-order valence-electron chi connectivity index (χ1n) is 4.90. The summed E-state index contributed by atoms with van der Waals surface area (Å²) in [7, 11) is 3.43. The summed E-state index contributed by atoms with van der Waals surface area (Å²) in [5.41, 5.74) is 0.249. The Morgan fingerprint density at radius 2 is 1.94 bits per heavy atom. The molecule has 0 aliphatic carbocycles. The molecule has 2 rings (SSSR count). The Balaban J connectivity index is 2.52. The summed E-state index contributed by atoms with van der Waals surface area (Å²) in [4.78, 5) is 0.946. The van der Waals surface area contributed by atoms with Crippen LogP contribution in [0.2, 0.25) is 0 Å². The van der Waals surface area contributed by atoms with E-state index in [9.17, 15) is 13.2 Å². The van der Waals surface area contributed by atoms with Gasteiger partial charge in [0.05, 0.1) is 0 Å². The fourth-order valence-corrected chi connectivity index (χ4v) is 2.31. The summed E-state index contributed by atoms with van der Waals surface area (Å²) in [6, 6.07) is 7.85. The van der Waals surface area contributed by atoms with Crippen LogP contribution in [0.25, 0.3) is 10.4 Å². The van der Waals surface area contributed by atoms with Gasteiger partial charge < -0.3 is 0 Å². The van der Waals surface area contributed by atoms with Crippen molar-refractivity contribution in [2.45, 2.75) is 6.18 Å². The average Bonchev–Trinajstić information content (AvgIpc) is 2.80. The third-order valence-corrected chi connectivity index (χ3v) is 3.30. The van der Waals surface area contributed by atoms with Gasteiger partial charge >= 0.3 is 101 Å². The number of hydrogen-bond donors (Lipinski definition) is 0. The first-order chi connectivity index (χ1) is 8.02. The minimum atomic E-state index is -4.34. The Bertz CT molecular complexity index is 529. The minimum absolute atomic E-state index is 0.114. The molecule has 0 saturated carbocycles. The number of benzene rings is 1. The molecule has 0 aliphatic heterocycles. The standard InChI is InChI=1S/C12H8BF3S/c13-7-9-6-8(11-2-1-5-17-11)3-4-10(9)12(14,15)16/h1-7,13H. The van der Waals surface area contributed by atoms with Crippen molar-refractivity contribution in [3.63, 3.8) is 0 Å². The van der Waals surface area contributed by atoms with E-state index in [-0.39, 0.29) is 5.56 Å². The monoisotopic (exact) mass is 252 g/mol. The number of hydrogen-bond acceptors (Lipinski definition) is 1. The van der Waals surface area contributed by atoms with Crippen molar-refractivity contribution in [1.82, 2.24) is 0 Å². The summed E-state index contributed by atoms with van der Waals surface area (Å²) in [5.74, 6) is 1.24. The van der Waals surface area contributed by atoms with Crippen molar-refractivity contribution in [3.05, 3.63) is 46.8 Å². The second-order valence-electron chi connectivity index (χ2n) is 3.48. The molecule has 0 N–H and O–H groups in total. The molecule has 1 aromatic heterocycles. The van der Waals surface area contributed by atoms with Crippen LogP contribution >= 0.6 is 11.3 Å². The molecule has 0 atom stereocenters. The number of halogens is 3. The maximum absolute atomic E-state index is 12.7. The maximum atomic E-state index is 12.7. The summed E-state index contributed by atoms with van der Waals surface area (Å²) >= 11 is 1.49. The predicted molar refractivity (Wildman–Crippen MR) is 67.1 cm³/mol. The molecule has 0 spiro atoms. The van der Waals surface area contributed by atoms with Gasteiger partial charge in [-0.2, -0.15) is 0 Å². The van der Waals surface area contributed by atoms with Crippen LogP contribution in [0, 0.1) is 0 Å². The van der Waals surface area contributed by atoms with Gasteiger partial charge in [0.25, 0.3) is 0 Å². The van der Waals surface area contributed by atoms with Crippen LogP contribution in [-0.4, -0.2) is 13.5 Å². The van der Waals surface area contributed by atoms with E-state index in [1.807, 2.05) is 17.5 Å². The fourth-order valence-electron chi connectivity index (χ4n) is 1.59. The Labute approximate surface area is 102 Å². The summed E-state index contributed by atoms with van der Waals surface area (Å²) in [6.45, 7) is 0. The molecule has 0 fully saturated rings. The Hall–Kier alpha value is -1.36. The summed E-state index contributed by atoms with van der Waals surface area (Å²) in [6.07, 6.45) is -4.34. The molecular weight excluding hydrogens is 244 g/mol. The molecule has 1 aromatic carbocycles. The van der Waals surface area contributed by atoms with E-state index >= 15 is 0 Å². The van der Waals surface area contributed by atoms with E-state index in [0.29, 0.717) is 0 Å². The molecule has 0 bridgehead atoms. The molecule has 2 aromatic rings. The molecule has 0 nitrogen and oxygen atoms in total. The molecule has 5 heteroatoms. The van der Waals surface area contributed by atoms with E-state index in [4.69, 9.17) is 0 Å². The van der Waals surface area contributed by atoms with E-state index in [0.717, 1.165) is 16.5 Å². The normalized spacial score (nSPS) is 11.4. The summed E-state index contributed by atoms with van der Waals surface area (Å²) < 4.78 is 38.0. The zero-order valence-corrected chi connectivity index (χ0v) is 9.61. The molecule has 0 unspecified atom stereocenters. The quantitative estimate of drug-likeness (QED) is 0.718. The third kappa shape index (κ3) is 2.49. The molecule has 0 amide bonds. The van der Waals surface area contributed by atoms with Crippen LogP contribution in [-0.2, 0) is 6.18 Å². The van der Waals surface area contributed by atoms with Gasteiger partial charge in [-0.25, -0.2) is 0 Å². The molecule has 86 valence electrons. The molecule has 0 saturated heterocycles. The van der Waals surface area contributed by atoms with Crippen molar-refractivity contribution in [3.8, 4) is 10.4 Å². The van der Waals surface area contributed by atoms with E-state index < -0.39 is 11.7 Å². The van der Waals surface area contributed by atoms with Crippen LogP contribution in [0.15, 0.2) is 35.7 Å². The van der Waals surface area contributed by atoms with Crippen LogP contribution in [0.4, 0.5) is 13.2 Å². The van der Waals surface area contributed by atoms with Crippen molar-refractivity contribution < 1.29 is 13.2 Å². The van der Waals surface area contributed by atoms with Gasteiger partial charge in [0.1, 0.15) is 0 Å².